The van der Waals surface area contributed by atoms with Gasteiger partial charge in [0.1, 0.15) is 5.69 Å². The third-order valence-corrected chi connectivity index (χ3v) is 3.26. The molecule has 128 valence electrons. The summed E-state index contributed by atoms with van der Waals surface area (Å²) < 4.78 is 15.4. The number of rotatable bonds is 8. The van der Waals surface area contributed by atoms with Gasteiger partial charge in [0.15, 0.2) is 11.5 Å². The number of benzene rings is 1. The Balaban J connectivity index is 2.10. The van der Waals surface area contributed by atoms with Gasteiger partial charge in [0.2, 0.25) is 0 Å². The Bertz CT molecular complexity index is 691. The van der Waals surface area contributed by atoms with Gasteiger partial charge in [-0.25, -0.2) is 0 Å². The maximum Gasteiger partial charge on any atom is 0.270 e. The number of anilines is 2. The number of nitrogens with zero attached hydrogens (tertiary/aromatic N) is 1. The Kier molecular flexibility index (Phi) is 6.39. The van der Waals surface area contributed by atoms with Crippen molar-refractivity contribution in [2.75, 3.05) is 39.8 Å². The highest BCUT2D eigenvalue weighted by Crippen LogP contribution is 2.31. The van der Waals surface area contributed by atoms with Crippen LogP contribution < -0.4 is 20.1 Å². The minimum Gasteiger partial charge on any atom is -0.493 e. The standard InChI is InChI=1S/C17H21N3O4/c1-22-9-8-19-17(21)14-10-13(6-7-18-14)20-12-4-5-15(23-2)16(11-12)24-3/h4-7,10-11H,8-9H2,1-3H3,(H,18,20)(H,19,21). The van der Waals surface area contributed by atoms with Gasteiger partial charge < -0.3 is 24.8 Å². The molecule has 0 unspecified atom stereocenters. The van der Waals surface area contributed by atoms with Crippen LogP contribution in [0, 0.1) is 0 Å². The highest BCUT2D eigenvalue weighted by Gasteiger charge is 2.09. The van der Waals surface area contributed by atoms with Crippen molar-refractivity contribution >= 4 is 17.3 Å². The third-order valence-electron chi connectivity index (χ3n) is 3.26. The van der Waals surface area contributed by atoms with E-state index >= 15 is 0 Å². The van der Waals surface area contributed by atoms with Gasteiger partial charge >= 0.3 is 0 Å². The van der Waals surface area contributed by atoms with Crippen LogP contribution in [0.15, 0.2) is 36.5 Å². The first-order chi connectivity index (χ1) is 11.7. The molecule has 2 N–H and O–H groups in total. The molecule has 24 heavy (non-hydrogen) atoms. The minimum absolute atomic E-state index is 0.247. The third kappa shape index (κ3) is 4.60. The molecule has 7 nitrogen and oxygen atoms in total. The molecule has 0 aliphatic carbocycles. The fourth-order valence-electron chi connectivity index (χ4n) is 2.07. The zero-order valence-corrected chi connectivity index (χ0v) is 14.0. The van der Waals surface area contributed by atoms with Crippen LogP contribution in [0.25, 0.3) is 0 Å². The smallest absolute Gasteiger partial charge is 0.270 e. The maximum atomic E-state index is 12.0. The Hall–Kier alpha value is -2.80. The van der Waals surface area contributed by atoms with E-state index in [1.165, 1.54) is 0 Å². The molecule has 0 spiro atoms. The molecule has 0 fully saturated rings. The second kappa shape index (κ2) is 8.73. The van der Waals surface area contributed by atoms with Crippen LogP contribution in [0.3, 0.4) is 0 Å². The molecule has 1 amide bonds. The number of amides is 1. The lowest BCUT2D eigenvalue weighted by atomic mass is 10.2. The molecule has 0 aliphatic rings. The van der Waals surface area contributed by atoms with Crippen LogP contribution in [0.1, 0.15) is 10.5 Å². The van der Waals surface area contributed by atoms with E-state index in [2.05, 4.69) is 15.6 Å². The van der Waals surface area contributed by atoms with Crippen molar-refractivity contribution in [3.05, 3.63) is 42.2 Å². The van der Waals surface area contributed by atoms with Crippen molar-refractivity contribution < 1.29 is 19.0 Å². The van der Waals surface area contributed by atoms with E-state index in [1.807, 2.05) is 12.1 Å². The SMILES string of the molecule is COCCNC(=O)c1cc(Nc2ccc(OC)c(OC)c2)ccn1. The summed E-state index contributed by atoms with van der Waals surface area (Å²) >= 11 is 0. The number of ether oxygens (including phenoxy) is 3. The zero-order valence-electron chi connectivity index (χ0n) is 14.0. The van der Waals surface area contributed by atoms with Gasteiger partial charge in [-0.2, -0.15) is 0 Å². The molecule has 1 heterocycles. The molecule has 0 bridgehead atoms. The first-order valence-corrected chi connectivity index (χ1v) is 7.40. The van der Waals surface area contributed by atoms with E-state index < -0.39 is 0 Å². The van der Waals surface area contributed by atoms with Gasteiger partial charge in [0, 0.05) is 37.3 Å². The summed E-state index contributed by atoms with van der Waals surface area (Å²) in [4.78, 5) is 16.1. The molecule has 0 saturated carbocycles. The van der Waals surface area contributed by atoms with E-state index in [0.717, 1.165) is 11.4 Å². The van der Waals surface area contributed by atoms with E-state index in [-0.39, 0.29) is 5.91 Å². The Morgan fingerprint density at radius 3 is 2.50 bits per heavy atom. The Labute approximate surface area is 140 Å². The molecule has 0 atom stereocenters. The molecule has 0 radical (unpaired) electrons. The molecule has 2 rings (SSSR count). The number of nitrogens with one attached hydrogen (secondary N) is 2. The fraction of sp³-hybridized carbons (Fsp3) is 0.294. The predicted octanol–water partition coefficient (Wildman–Crippen LogP) is 2.22. The molecule has 0 aliphatic heterocycles. The van der Waals surface area contributed by atoms with Crippen LogP contribution >= 0.6 is 0 Å². The number of carbonyl (C=O) groups is 1. The molecule has 0 saturated heterocycles. The number of aromatic nitrogens is 1. The molecule has 1 aromatic carbocycles. The molecule has 1 aromatic heterocycles. The molecular formula is C17H21N3O4. The second-order valence-electron chi connectivity index (χ2n) is 4.87. The highest BCUT2D eigenvalue weighted by atomic mass is 16.5. The number of hydrogen-bond acceptors (Lipinski definition) is 6. The summed E-state index contributed by atoms with van der Waals surface area (Å²) in [6, 6.07) is 8.94. The number of pyridine rings is 1. The second-order valence-corrected chi connectivity index (χ2v) is 4.87. The zero-order chi connectivity index (χ0) is 17.4. The Morgan fingerprint density at radius 1 is 1.04 bits per heavy atom. The van der Waals surface area contributed by atoms with Crippen molar-refractivity contribution in [2.24, 2.45) is 0 Å². The summed E-state index contributed by atoms with van der Waals surface area (Å²) in [5.41, 5.74) is 1.88. The summed E-state index contributed by atoms with van der Waals surface area (Å²) in [6.45, 7) is 0.889. The van der Waals surface area contributed by atoms with Gasteiger partial charge in [-0.15, -0.1) is 0 Å². The summed E-state index contributed by atoms with van der Waals surface area (Å²) in [5.74, 6) is 1.02. The van der Waals surface area contributed by atoms with Crippen molar-refractivity contribution in [2.45, 2.75) is 0 Å². The van der Waals surface area contributed by atoms with Crippen LogP contribution in [-0.4, -0.2) is 45.4 Å². The van der Waals surface area contributed by atoms with Gasteiger partial charge in [0.25, 0.3) is 5.91 Å². The average molecular weight is 331 g/mol. The van der Waals surface area contributed by atoms with Gasteiger partial charge in [-0.05, 0) is 24.3 Å². The minimum atomic E-state index is -0.247. The first kappa shape index (κ1) is 17.6. The van der Waals surface area contributed by atoms with E-state index in [1.54, 1.807) is 45.7 Å². The monoisotopic (exact) mass is 331 g/mol. The fourth-order valence-corrected chi connectivity index (χ4v) is 2.07. The van der Waals surface area contributed by atoms with Crippen LogP contribution in [0.4, 0.5) is 11.4 Å². The normalized spacial score (nSPS) is 10.1. The van der Waals surface area contributed by atoms with Gasteiger partial charge in [-0.3, -0.25) is 9.78 Å². The van der Waals surface area contributed by atoms with Gasteiger partial charge in [-0.1, -0.05) is 0 Å². The van der Waals surface area contributed by atoms with Crippen molar-refractivity contribution in [3.63, 3.8) is 0 Å². The van der Waals surface area contributed by atoms with Crippen LogP contribution in [-0.2, 0) is 4.74 Å². The molecule has 2 aromatic rings. The summed E-state index contributed by atoms with van der Waals surface area (Å²) in [7, 11) is 4.75. The topological polar surface area (TPSA) is 81.7 Å². The molecular weight excluding hydrogens is 310 g/mol. The average Bonchev–Trinajstić information content (AvgIpc) is 2.62. The lowest BCUT2D eigenvalue weighted by Crippen LogP contribution is -2.27. The van der Waals surface area contributed by atoms with Crippen molar-refractivity contribution in [3.8, 4) is 11.5 Å². The van der Waals surface area contributed by atoms with Crippen molar-refractivity contribution in [1.82, 2.24) is 10.3 Å². The predicted molar refractivity (Wildman–Crippen MR) is 91.3 cm³/mol. The van der Waals surface area contributed by atoms with Crippen LogP contribution in [0.2, 0.25) is 0 Å². The van der Waals surface area contributed by atoms with Crippen LogP contribution in [0.5, 0.6) is 11.5 Å². The summed E-state index contributed by atoms with van der Waals surface area (Å²) in [5, 5.41) is 5.95. The Morgan fingerprint density at radius 2 is 1.79 bits per heavy atom. The van der Waals surface area contributed by atoms with Crippen molar-refractivity contribution in [1.29, 1.82) is 0 Å². The number of methoxy groups -OCH3 is 3. The van der Waals surface area contributed by atoms with Gasteiger partial charge in [0.05, 0.1) is 20.8 Å². The van der Waals surface area contributed by atoms with E-state index in [0.29, 0.717) is 30.3 Å². The van der Waals surface area contributed by atoms with E-state index in [4.69, 9.17) is 14.2 Å². The molecule has 7 heteroatoms. The largest absolute Gasteiger partial charge is 0.493 e. The lowest BCUT2D eigenvalue weighted by Gasteiger charge is -2.12. The summed E-state index contributed by atoms with van der Waals surface area (Å²) in [6.07, 6.45) is 1.58. The quantitative estimate of drug-likeness (QED) is 0.722. The highest BCUT2D eigenvalue weighted by molar-refractivity contribution is 5.93. The maximum absolute atomic E-state index is 12.0. The lowest BCUT2D eigenvalue weighted by molar-refractivity contribution is 0.0932. The van der Waals surface area contributed by atoms with E-state index in [9.17, 15) is 4.79 Å². The number of hydrogen-bond donors (Lipinski definition) is 2. The first-order valence-electron chi connectivity index (χ1n) is 7.40. The number of carbonyl (C=O) groups excluding carboxylic acids is 1.